The molecule has 0 aromatic heterocycles. The van der Waals surface area contributed by atoms with Crippen LogP contribution in [0.3, 0.4) is 0 Å². The fourth-order valence-electron chi connectivity index (χ4n) is 2.38. The molecule has 0 saturated heterocycles. The monoisotopic (exact) mass is 777 g/mol. The van der Waals surface area contributed by atoms with Crippen LogP contribution in [0.1, 0.15) is 20.7 Å². The van der Waals surface area contributed by atoms with Crippen LogP contribution in [0.4, 0.5) is 5.69 Å². The Morgan fingerprint density at radius 2 is 1.45 bits per heavy atom. The van der Waals surface area contributed by atoms with Crippen LogP contribution in [0, 0.1) is 10.7 Å². The predicted molar refractivity (Wildman–Crippen MR) is 136 cm³/mol. The third kappa shape index (κ3) is 6.36. The van der Waals surface area contributed by atoms with E-state index in [2.05, 4.69) is 10.6 Å². The predicted octanol–water partition coefficient (Wildman–Crippen LogP) is -1.06. The number of hydrogen-bond acceptors (Lipinski definition) is 8. The number of nitrogens with zero attached hydrogens (tertiary/aromatic N) is 1. The van der Waals surface area contributed by atoms with Crippen LogP contribution < -0.4 is 10.6 Å². The van der Waals surface area contributed by atoms with Crippen molar-refractivity contribution in [3.63, 3.8) is 0 Å². The highest BCUT2D eigenvalue weighted by molar-refractivity contribution is 14.1. The molecular formula is C17H22I3N3O8. The van der Waals surface area contributed by atoms with Crippen LogP contribution in [-0.4, -0.2) is 100 Å². The summed E-state index contributed by atoms with van der Waals surface area (Å²) in [4.78, 5) is 39.0. The first-order chi connectivity index (χ1) is 14.3. The van der Waals surface area contributed by atoms with Gasteiger partial charge in [0.25, 0.3) is 17.7 Å². The number of aliphatic hydroxyl groups is 5. The smallest absolute Gasteiger partial charge is 0.256 e. The molecule has 4 atom stereocenters. The van der Waals surface area contributed by atoms with Gasteiger partial charge in [-0.1, -0.05) is 0 Å². The zero-order chi connectivity index (χ0) is 24.2. The summed E-state index contributed by atoms with van der Waals surface area (Å²) >= 11 is 5.51. The van der Waals surface area contributed by atoms with E-state index < -0.39 is 48.7 Å². The minimum absolute atomic E-state index is 0.0545. The fraction of sp³-hybridized carbons (Fsp3) is 0.471. The average molecular weight is 777 g/mol. The van der Waals surface area contributed by atoms with Gasteiger partial charge in [-0.25, -0.2) is 0 Å². The van der Waals surface area contributed by atoms with Crippen molar-refractivity contribution in [3.05, 3.63) is 21.8 Å². The van der Waals surface area contributed by atoms with Gasteiger partial charge in [0.2, 0.25) is 0 Å². The number of halogens is 3. The van der Waals surface area contributed by atoms with E-state index in [-0.39, 0.29) is 20.4 Å². The standard InChI is InChI=1S/C17H22I3N3O8/c1-21-15(29)6-8(18)7(17(31)23(2)3)10(20)11(9(6)19)22-16(30)14(28)13(27)12(26)5(25)4-24/h5,12-14,24-28H,4H2,1-3H3,(H,21,29)(H,22,30)/t5-,12-,13+,14-/m1/s1. The Bertz CT molecular complexity index is 868. The highest BCUT2D eigenvalue weighted by Crippen LogP contribution is 2.36. The van der Waals surface area contributed by atoms with Crippen LogP contribution in [0.25, 0.3) is 0 Å². The first kappa shape index (κ1) is 28.7. The minimum atomic E-state index is -2.18. The van der Waals surface area contributed by atoms with Crippen molar-refractivity contribution < 1.29 is 39.9 Å². The van der Waals surface area contributed by atoms with E-state index in [9.17, 15) is 34.8 Å². The lowest BCUT2D eigenvalue weighted by molar-refractivity contribution is -0.144. The number of rotatable bonds is 8. The van der Waals surface area contributed by atoms with E-state index in [4.69, 9.17) is 5.11 Å². The molecule has 0 bridgehead atoms. The van der Waals surface area contributed by atoms with Gasteiger partial charge < -0.3 is 41.1 Å². The molecule has 14 heteroatoms. The maximum Gasteiger partial charge on any atom is 0.256 e. The third-order valence-electron chi connectivity index (χ3n) is 4.16. The molecule has 0 radical (unpaired) electrons. The molecule has 0 heterocycles. The molecule has 1 rings (SSSR count). The molecule has 1 aromatic carbocycles. The number of anilines is 1. The second-order valence-corrected chi connectivity index (χ2v) is 9.75. The van der Waals surface area contributed by atoms with Gasteiger partial charge in [-0.3, -0.25) is 14.4 Å². The molecule has 0 aliphatic carbocycles. The molecule has 0 fully saturated rings. The summed E-state index contributed by atoms with van der Waals surface area (Å²) in [7, 11) is 4.46. The maximum atomic E-state index is 12.7. The normalized spacial score (nSPS) is 14.9. The Hall–Kier alpha value is -0.380. The van der Waals surface area contributed by atoms with Crippen LogP contribution in [0.2, 0.25) is 0 Å². The zero-order valence-electron chi connectivity index (χ0n) is 16.6. The third-order valence-corrected chi connectivity index (χ3v) is 7.40. The van der Waals surface area contributed by atoms with Crippen molar-refractivity contribution in [1.82, 2.24) is 10.2 Å². The number of carbonyl (C=O) groups excluding carboxylic acids is 3. The van der Waals surface area contributed by atoms with Crippen molar-refractivity contribution in [1.29, 1.82) is 0 Å². The molecule has 3 amide bonds. The number of amides is 3. The van der Waals surface area contributed by atoms with Crippen molar-refractivity contribution >= 4 is 91.2 Å². The van der Waals surface area contributed by atoms with E-state index in [1.807, 2.05) is 67.8 Å². The minimum Gasteiger partial charge on any atom is -0.394 e. The summed E-state index contributed by atoms with van der Waals surface area (Å²) in [6.45, 7) is -0.898. The SMILES string of the molecule is CNC(=O)c1c(I)c(NC(=O)[C@H](O)[C@@H](O)[C@H](O)[C@H](O)CO)c(I)c(C(=O)N(C)C)c1I. The van der Waals surface area contributed by atoms with Crippen LogP contribution >= 0.6 is 67.8 Å². The molecule has 7 N–H and O–H groups in total. The number of hydrogen-bond donors (Lipinski definition) is 7. The summed E-state index contributed by atoms with van der Waals surface area (Å²) < 4.78 is 0.945. The van der Waals surface area contributed by atoms with E-state index >= 15 is 0 Å². The van der Waals surface area contributed by atoms with Gasteiger partial charge in [0.15, 0.2) is 6.10 Å². The highest BCUT2D eigenvalue weighted by Gasteiger charge is 2.36. The van der Waals surface area contributed by atoms with Gasteiger partial charge in [0.1, 0.15) is 18.3 Å². The van der Waals surface area contributed by atoms with Gasteiger partial charge in [-0.15, -0.1) is 0 Å². The van der Waals surface area contributed by atoms with E-state index in [1.54, 1.807) is 0 Å². The Morgan fingerprint density at radius 3 is 1.90 bits per heavy atom. The Morgan fingerprint density at radius 1 is 0.935 bits per heavy atom. The van der Waals surface area contributed by atoms with Crippen molar-refractivity contribution in [2.75, 3.05) is 33.1 Å². The van der Waals surface area contributed by atoms with Crippen LogP contribution in [-0.2, 0) is 4.79 Å². The van der Waals surface area contributed by atoms with Gasteiger partial charge in [0, 0.05) is 24.7 Å². The van der Waals surface area contributed by atoms with E-state index in [1.165, 1.54) is 26.0 Å². The fourth-order valence-corrected chi connectivity index (χ4v) is 6.77. The van der Waals surface area contributed by atoms with Gasteiger partial charge in [-0.2, -0.15) is 0 Å². The lowest BCUT2D eigenvalue weighted by Crippen LogP contribution is -2.50. The second kappa shape index (κ2) is 12.2. The average Bonchev–Trinajstić information content (AvgIpc) is 2.73. The molecule has 1 aromatic rings. The largest absolute Gasteiger partial charge is 0.394 e. The topological polar surface area (TPSA) is 180 Å². The summed E-state index contributed by atoms with van der Waals surface area (Å²) in [5.74, 6) is -2.08. The Balaban J connectivity index is 3.51. The van der Waals surface area contributed by atoms with Gasteiger partial charge in [0.05, 0.1) is 30.6 Å². The molecule has 11 nitrogen and oxygen atoms in total. The summed E-state index contributed by atoms with van der Waals surface area (Å²) in [5.41, 5.74) is 0.348. The molecule has 0 aliphatic heterocycles. The Labute approximate surface area is 219 Å². The Kier molecular flexibility index (Phi) is 11.3. The van der Waals surface area contributed by atoms with Gasteiger partial charge >= 0.3 is 0 Å². The van der Waals surface area contributed by atoms with E-state index in [0.29, 0.717) is 7.14 Å². The molecule has 0 aliphatic rings. The molecule has 0 saturated carbocycles. The highest BCUT2D eigenvalue weighted by atomic mass is 127. The molecular weight excluding hydrogens is 755 g/mol. The summed E-state index contributed by atoms with van der Waals surface area (Å²) in [6, 6.07) is 0. The molecule has 174 valence electrons. The van der Waals surface area contributed by atoms with Crippen LogP contribution in [0.15, 0.2) is 0 Å². The quantitative estimate of drug-likeness (QED) is 0.163. The van der Waals surface area contributed by atoms with Gasteiger partial charge in [-0.05, 0) is 67.8 Å². The first-order valence-corrected chi connectivity index (χ1v) is 11.8. The first-order valence-electron chi connectivity index (χ1n) is 8.59. The molecule has 0 unspecified atom stereocenters. The number of benzene rings is 1. The van der Waals surface area contributed by atoms with Crippen molar-refractivity contribution in [2.45, 2.75) is 24.4 Å². The van der Waals surface area contributed by atoms with Crippen molar-refractivity contribution in [2.24, 2.45) is 0 Å². The summed E-state index contributed by atoms with van der Waals surface area (Å²) in [5, 5.41) is 52.9. The van der Waals surface area contributed by atoms with E-state index in [0.717, 1.165) is 0 Å². The number of nitrogens with one attached hydrogen (secondary N) is 2. The zero-order valence-corrected chi connectivity index (χ0v) is 23.0. The van der Waals surface area contributed by atoms with Crippen LogP contribution in [0.5, 0.6) is 0 Å². The van der Waals surface area contributed by atoms with Crippen molar-refractivity contribution in [3.8, 4) is 0 Å². The summed E-state index contributed by atoms with van der Waals surface area (Å²) in [6.07, 6.45) is -8.06. The maximum absolute atomic E-state index is 12.7. The number of aliphatic hydroxyl groups excluding tert-OH is 5. The molecule has 0 spiro atoms. The lowest BCUT2D eigenvalue weighted by Gasteiger charge is -2.26. The second-order valence-electron chi connectivity index (χ2n) is 6.51. The lowest BCUT2D eigenvalue weighted by atomic mass is 10.0. The molecule has 31 heavy (non-hydrogen) atoms. The number of carbonyl (C=O) groups is 3.